The molecule has 2 amide bonds. The highest BCUT2D eigenvalue weighted by Gasteiger charge is 2.16. The lowest BCUT2D eigenvalue weighted by Crippen LogP contribution is -2.34. The number of alkyl carbamates (subject to hydrolysis) is 1. The average molecular weight is 554 g/mol. The molecule has 0 atom stereocenters. The smallest absolute Gasteiger partial charge is 0.407 e. The lowest BCUT2D eigenvalue weighted by molar-refractivity contribution is -0.120. The Morgan fingerprint density at radius 2 is 1.87 bits per heavy atom. The number of carbonyl (C=O) groups is 2. The summed E-state index contributed by atoms with van der Waals surface area (Å²) in [6.07, 6.45) is 5.19. The first-order valence-electron chi connectivity index (χ1n) is 12.9. The Morgan fingerprint density at radius 3 is 2.59 bits per heavy atom. The standard InChI is InChI=1S/C29H36ClN5O4/c1-20-10-14-35(15-13-32-24-6-5-11-31-19-24)27(37)25(20)17-26(36)34-18-22-16-23(30)8-7-21(22)9-12-33-28(38)39-29(2,3)4/h5-8,10-11,14,16,19,32H,9,12-13,15,17-18H2,1-4H3,(H,33,38)(H,34,36). The van der Waals surface area contributed by atoms with E-state index in [4.69, 9.17) is 16.3 Å². The molecule has 0 saturated carbocycles. The molecule has 2 heterocycles. The van der Waals surface area contributed by atoms with Crippen molar-refractivity contribution < 1.29 is 14.3 Å². The van der Waals surface area contributed by atoms with Crippen LogP contribution >= 0.6 is 11.6 Å². The van der Waals surface area contributed by atoms with Crippen LogP contribution in [-0.2, 0) is 35.5 Å². The third kappa shape index (κ3) is 9.76. The van der Waals surface area contributed by atoms with Crippen LogP contribution in [0.4, 0.5) is 10.5 Å². The van der Waals surface area contributed by atoms with Gasteiger partial charge in [-0.2, -0.15) is 0 Å². The van der Waals surface area contributed by atoms with Gasteiger partial charge in [-0.05, 0) is 81.1 Å². The van der Waals surface area contributed by atoms with Gasteiger partial charge < -0.3 is 25.3 Å². The molecule has 10 heteroatoms. The van der Waals surface area contributed by atoms with E-state index in [1.54, 1.807) is 56.1 Å². The number of anilines is 1. The first kappa shape index (κ1) is 29.7. The second-order valence-electron chi connectivity index (χ2n) is 10.2. The molecule has 3 N–H and O–H groups in total. The van der Waals surface area contributed by atoms with Crippen LogP contribution in [0.15, 0.2) is 59.8 Å². The molecule has 0 radical (unpaired) electrons. The number of carbonyl (C=O) groups excluding carboxylic acids is 2. The zero-order chi connectivity index (χ0) is 28.4. The monoisotopic (exact) mass is 553 g/mol. The predicted molar refractivity (Wildman–Crippen MR) is 153 cm³/mol. The summed E-state index contributed by atoms with van der Waals surface area (Å²) in [6, 6.07) is 11.0. The van der Waals surface area contributed by atoms with E-state index in [1.807, 2.05) is 31.2 Å². The average Bonchev–Trinajstić information content (AvgIpc) is 2.87. The number of rotatable bonds is 11. The molecule has 0 bridgehead atoms. The van der Waals surface area contributed by atoms with Crippen LogP contribution in [0, 0.1) is 6.92 Å². The van der Waals surface area contributed by atoms with Crippen LogP contribution < -0.4 is 21.5 Å². The largest absolute Gasteiger partial charge is 0.444 e. The number of halogens is 1. The highest BCUT2D eigenvalue weighted by Crippen LogP contribution is 2.17. The van der Waals surface area contributed by atoms with Crippen molar-refractivity contribution in [2.24, 2.45) is 0 Å². The van der Waals surface area contributed by atoms with Crippen LogP contribution in [0.5, 0.6) is 0 Å². The summed E-state index contributed by atoms with van der Waals surface area (Å²) in [6.45, 7) is 8.85. The van der Waals surface area contributed by atoms with Gasteiger partial charge in [-0.1, -0.05) is 17.7 Å². The molecule has 0 spiro atoms. The van der Waals surface area contributed by atoms with Gasteiger partial charge in [-0.15, -0.1) is 0 Å². The van der Waals surface area contributed by atoms with Crippen LogP contribution in [-0.4, -0.2) is 40.2 Å². The number of nitrogens with zero attached hydrogens (tertiary/aromatic N) is 2. The van der Waals surface area contributed by atoms with Crippen LogP contribution in [0.25, 0.3) is 0 Å². The van der Waals surface area contributed by atoms with Crippen LogP contribution in [0.1, 0.15) is 43.0 Å². The van der Waals surface area contributed by atoms with E-state index < -0.39 is 11.7 Å². The van der Waals surface area contributed by atoms with Crippen LogP contribution in [0.3, 0.4) is 0 Å². The highest BCUT2D eigenvalue weighted by atomic mass is 35.5. The zero-order valence-electron chi connectivity index (χ0n) is 22.8. The molecule has 39 heavy (non-hydrogen) atoms. The number of benzene rings is 1. The van der Waals surface area contributed by atoms with E-state index in [1.165, 1.54) is 0 Å². The molecule has 3 aromatic rings. The molecule has 2 aromatic heterocycles. The van der Waals surface area contributed by atoms with Gasteiger partial charge in [0.2, 0.25) is 5.91 Å². The second kappa shape index (κ2) is 13.8. The molecule has 9 nitrogen and oxygen atoms in total. The third-order valence-electron chi connectivity index (χ3n) is 5.89. The Balaban J connectivity index is 1.57. The van der Waals surface area contributed by atoms with Crippen molar-refractivity contribution in [1.82, 2.24) is 20.2 Å². The summed E-state index contributed by atoms with van der Waals surface area (Å²) < 4.78 is 6.87. The number of aromatic nitrogens is 2. The van der Waals surface area contributed by atoms with Crippen molar-refractivity contribution in [2.45, 2.75) is 59.2 Å². The minimum atomic E-state index is -0.573. The van der Waals surface area contributed by atoms with Crippen molar-refractivity contribution in [3.05, 3.63) is 92.6 Å². The fraction of sp³-hybridized carbons (Fsp3) is 0.379. The summed E-state index contributed by atoms with van der Waals surface area (Å²) in [5, 5.41) is 9.43. The molecule has 1 aromatic carbocycles. The summed E-state index contributed by atoms with van der Waals surface area (Å²) in [5.41, 5.74) is 3.12. The minimum absolute atomic E-state index is 0.0301. The van der Waals surface area contributed by atoms with E-state index in [0.717, 1.165) is 22.4 Å². The molecule has 0 aliphatic heterocycles. The lowest BCUT2D eigenvalue weighted by Gasteiger charge is -2.20. The van der Waals surface area contributed by atoms with Gasteiger partial charge in [0.15, 0.2) is 0 Å². The van der Waals surface area contributed by atoms with Crippen molar-refractivity contribution in [3.8, 4) is 0 Å². The molecule has 208 valence electrons. The van der Waals surface area contributed by atoms with Gasteiger partial charge >= 0.3 is 6.09 Å². The normalized spacial score (nSPS) is 11.1. The van der Waals surface area contributed by atoms with Crippen LogP contribution in [0.2, 0.25) is 5.02 Å². The topological polar surface area (TPSA) is 114 Å². The van der Waals surface area contributed by atoms with Gasteiger partial charge in [0, 0.05) is 55.4 Å². The molecule has 0 saturated heterocycles. The van der Waals surface area contributed by atoms with E-state index in [2.05, 4.69) is 20.9 Å². The molecular weight excluding hydrogens is 518 g/mol. The quantitative estimate of drug-likeness (QED) is 0.327. The number of ether oxygens (including phenoxy) is 1. The predicted octanol–water partition coefficient (Wildman–Crippen LogP) is 4.24. The van der Waals surface area contributed by atoms with Crippen molar-refractivity contribution in [2.75, 3.05) is 18.4 Å². The van der Waals surface area contributed by atoms with Gasteiger partial charge in [0.05, 0.1) is 12.1 Å². The zero-order valence-corrected chi connectivity index (χ0v) is 23.6. The van der Waals surface area contributed by atoms with Crippen molar-refractivity contribution in [3.63, 3.8) is 0 Å². The van der Waals surface area contributed by atoms with E-state index in [-0.39, 0.29) is 24.4 Å². The number of hydrogen-bond donors (Lipinski definition) is 3. The Hall–Kier alpha value is -3.85. The highest BCUT2D eigenvalue weighted by molar-refractivity contribution is 6.30. The number of pyridine rings is 2. The molecule has 3 rings (SSSR count). The number of hydrogen-bond acceptors (Lipinski definition) is 6. The fourth-order valence-corrected chi connectivity index (χ4v) is 4.12. The number of amides is 2. The van der Waals surface area contributed by atoms with E-state index in [0.29, 0.717) is 36.6 Å². The molecule has 0 fully saturated rings. The maximum absolute atomic E-state index is 13.1. The first-order chi connectivity index (χ1) is 18.5. The Labute approximate surface area is 233 Å². The Kier molecular flexibility index (Phi) is 10.5. The van der Waals surface area contributed by atoms with Gasteiger partial charge in [0.1, 0.15) is 5.60 Å². The van der Waals surface area contributed by atoms with Gasteiger partial charge in [-0.3, -0.25) is 14.6 Å². The van der Waals surface area contributed by atoms with E-state index in [9.17, 15) is 14.4 Å². The maximum Gasteiger partial charge on any atom is 0.407 e. The molecule has 0 aliphatic rings. The first-order valence-corrected chi connectivity index (χ1v) is 13.2. The summed E-state index contributed by atoms with van der Waals surface area (Å²) in [7, 11) is 0. The number of nitrogens with one attached hydrogen (secondary N) is 3. The maximum atomic E-state index is 13.1. The van der Waals surface area contributed by atoms with E-state index >= 15 is 0 Å². The number of aryl methyl sites for hydroxylation is 1. The third-order valence-corrected chi connectivity index (χ3v) is 6.12. The molecular formula is C29H36ClN5O4. The Morgan fingerprint density at radius 1 is 1.08 bits per heavy atom. The molecule has 0 aliphatic carbocycles. The summed E-state index contributed by atoms with van der Waals surface area (Å²) in [5.74, 6) is -0.265. The lowest BCUT2D eigenvalue weighted by atomic mass is 10.0. The second-order valence-corrected chi connectivity index (χ2v) is 10.6. The van der Waals surface area contributed by atoms with Crippen molar-refractivity contribution >= 4 is 29.3 Å². The van der Waals surface area contributed by atoms with Crippen molar-refractivity contribution in [1.29, 1.82) is 0 Å². The summed E-state index contributed by atoms with van der Waals surface area (Å²) >= 11 is 6.20. The fourth-order valence-electron chi connectivity index (χ4n) is 3.92. The summed E-state index contributed by atoms with van der Waals surface area (Å²) in [4.78, 5) is 41.9. The Bertz CT molecular complexity index is 1340. The molecule has 0 unspecified atom stereocenters. The minimum Gasteiger partial charge on any atom is -0.444 e. The van der Waals surface area contributed by atoms with Gasteiger partial charge in [-0.25, -0.2) is 4.79 Å². The van der Waals surface area contributed by atoms with Gasteiger partial charge in [0.25, 0.3) is 5.56 Å². The SMILES string of the molecule is Cc1ccn(CCNc2cccnc2)c(=O)c1CC(=O)NCc1cc(Cl)ccc1CCNC(=O)OC(C)(C)C.